The summed E-state index contributed by atoms with van der Waals surface area (Å²) in [6, 6.07) is 6.43. The monoisotopic (exact) mass is 448 g/mol. The normalized spacial score (nSPS) is 19.4. The summed E-state index contributed by atoms with van der Waals surface area (Å²) in [5.41, 5.74) is 3.21. The molecule has 0 amide bonds. The number of aromatic amines is 1. The van der Waals surface area contributed by atoms with E-state index in [1.807, 2.05) is 12.1 Å². The minimum atomic E-state index is -3.85. The maximum atomic E-state index is 12.6. The molecule has 160 valence electrons. The molecule has 10 heteroatoms. The van der Waals surface area contributed by atoms with Crippen molar-refractivity contribution in [2.75, 3.05) is 11.5 Å². The van der Waals surface area contributed by atoms with E-state index < -0.39 is 25.9 Å². The maximum Gasteiger partial charge on any atom is 0.242 e. The second kappa shape index (κ2) is 7.14. The number of hydrogen-bond acceptors (Lipinski definition) is 6. The van der Waals surface area contributed by atoms with Gasteiger partial charge < -0.3 is 4.98 Å². The highest BCUT2D eigenvalue weighted by molar-refractivity contribution is 7.92. The van der Waals surface area contributed by atoms with Crippen molar-refractivity contribution in [3.8, 4) is 11.3 Å². The van der Waals surface area contributed by atoms with Crippen molar-refractivity contribution in [3.63, 3.8) is 0 Å². The Hall–Kier alpha value is -2.30. The van der Waals surface area contributed by atoms with E-state index in [-0.39, 0.29) is 28.2 Å². The Morgan fingerprint density at radius 3 is 2.53 bits per heavy atom. The number of fused-ring (bicyclic) bond motifs is 1. The molecule has 3 aromatic rings. The lowest BCUT2D eigenvalue weighted by atomic mass is 9.92. The van der Waals surface area contributed by atoms with E-state index in [2.05, 4.69) is 40.4 Å². The van der Waals surface area contributed by atoms with E-state index in [4.69, 9.17) is 0 Å². The van der Waals surface area contributed by atoms with E-state index >= 15 is 0 Å². The van der Waals surface area contributed by atoms with Crippen LogP contribution >= 0.6 is 0 Å². The van der Waals surface area contributed by atoms with Gasteiger partial charge >= 0.3 is 0 Å². The van der Waals surface area contributed by atoms with Crippen LogP contribution < -0.4 is 4.72 Å². The van der Waals surface area contributed by atoms with Crippen LogP contribution in [0.15, 0.2) is 41.6 Å². The molecule has 0 saturated carbocycles. The molecule has 1 aliphatic rings. The lowest BCUT2D eigenvalue weighted by molar-refractivity contribution is 0.562. The Morgan fingerprint density at radius 1 is 1.17 bits per heavy atom. The Labute approximate surface area is 176 Å². The largest absolute Gasteiger partial charge is 0.343 e. The number of H-pyrrole nitrogens is 1. The van der Waals surface area contributed by atoms with E-state index in [1.54, 1.807) is 12.3 Å². The van der Waals surface area contributed by atoms with E-state index in [1.165, 1.54) is 12.3 Å². The van der Waals surface area contributed by atoms with Gasteiger partial charge in [0.05, 0.1) is 17.2 Å². The van der Waals surface area contributed by atoms with Gasteiger partial charge in [-0.1, -0.05) is 20.8 Å². The molecule has 0 aromatic carbocycles. The fraction of sp³-hybridized carbons (Fsp3) is 0.400. The third-order valence-electron chi connectivity index (χ3n) is 5.22. The van der Waals surface area contributed by atoms with Crippen LogP contribution in [0.25, 0.3) is 22.3 Å². The first-order chi connectivity index (χ1) is 13.9. The summed E-state index contributed by atoms with van der Waals surface area (Å²) < 4.78 is 50.9. The standard InChI is InChI=1S/C20H24N4O4S2/c1-20(2,3)18-10-16-15(6-8-21-19(16)23-18)17-5-4-14(11-22-17)30(27,28)24-13-7-9-29(25,26)12-13/h4-6,8,10-11,13,24H,7,9,12H2,1-3H3,(H,21,23). The number of hydrogen-bond donors (Lipinski definition) is 2. The zero-order valence-electron chi connectivity index (χ0n) is 17.0. The van der Waals surface area contributed by atoms with Gasteiger partial charge in [0.1, 0.15) is 10.5 Å². The third-order valence-corrected chi connectivity index (χ3v) is 8.49. The van der Waals surface area contributed by atoms with Gasteiger partial charge in [0.2, 0.25) is 10.0 Å². The van der Waals surface area contributed by atoms with Gasteiger partial charge in [-0.15, -0.1) is 0 Å². The summed E-state index contributed by atoms with van der Waals surface area (Å²) in [6.07, 6.45) is 3.27. The van der Waals surface area contributed by atoms with Crippen molar-refractivity contribution in [2.45, 2.75) is 43.5 Å². The Morgan fingerprint density at radius 2 is 1.93 bits per heavy atom. The first kappa shape index (κ1) is 21.0. The molecule has 0 radical (unpaired) electrons. The van der Waals surface area contributed by atoms with Crippen LogP contribution in [0.4, 0.5) is 0 Å². The molecule has 0 bridgehead atoms. The minimum absolute atomic E-state index is 0.00261. The van der Waals surface area contributed by atoms with Crippen LogP contribution in [0.2, 0.25) is 0 Å². The molecule has 1 saturated heterocycles. The molecule has 2 N–H and O–H groups in total. The molecule has 1 fully saturated rings. The summed E-state index contributed by atoms with van der Waals surface area (Å²) in [7, 11) is -7.02. The zero-order valence-corrected chi connectivity index (χ0v) is 18.6. The molecule has 30 heavy (non-hydrogen) atoms. The number of nitrogens with one attached hydrogen (secondary N) is 2. The lowest BCUT2D eigenvalue weighted by Gasteiger charge is -2.15. The molecular weight excluding hydrogens is 424 g/mol. The van der Waals surface area contributed by atoms with Gasteiger partial charge in [-0.25, -0.2) is 26.5 Å². The summed E-state index contributed by atoms with van der Waals surface area (Å²) in [5, 5.41) is 0.916. The second-order valence-electron chi connectivity index (χ2n) is 8.65. The molecule has 1 aliphatic heterocycles. The SMILES string of the molecule is CC(C)(C)c1cc2c(-c3ccc(S(=O)(=O)NC4CCS(=O)(=O)C4)cn3)ccnc2[nH]1. The van der Waals surface area contributed by atoms with Gasteiger partial charge in [0.15, 0.2) is 9.84 Å². The number of sulfonamides is 1. The summed E-state index contributed by atoms with van der Waals surface area (Å²) in [5.74, 6) is -0.168. The highest BCUT2D eigenvalue weighted by atomic mass is 32.2. The fourth-order valence-corrected chi connectivity index (χ4v) is 6.52. The highest BCUT2D eigenvalue weighted by Gasteiger charge is 2.31. The average molecular weight is 449 g/mol. The summed E-state index contributed by atoms with van der Waals surface area (Å²) in [6.45, 7) is 6.33. The molecule has 4 heterocycles. The van der Waals surface area contributed by atoms with Crippen LogP contribution in [0.1, 0.15) is 32.9 Å². The van der Waals surface area contributed by atoms with Crippen LogP contribution in [0.5, 0.6) is 0 Å². The van der Waals surface area contributed by atoms with Gasteiger partial charge in [0.25, 0.3) is 0 Å². The number of pyridine rings is 2. The molecule has 0 aliphatic carbocycles. The fourth-order valence-electron chi connectivity index (χ4n) is 3.53. The molecule has 1 atom stereocenters. The Kier molecular flexibility index (Phi) is 4.99. The van der Waals surface area contributed by atoms with Gasteiger partial charge in [-0.3, -0.25) is 4.98 Å². The predicted octanol–water partition coefficient (Wildman–Crippen LogP) is 2.39. The quantitative estimate of drug-likeness (QED) is 0.632. The van der Waals surface area contributed by atoms with E-state index in [0.29, 0.717) is 5.69 Å². The molecular formula is C20H24N4O4S2. The van der Waals surface area contributed by atoms with Crippen molar-refractivity contribution >= 4 is 30.9 Å². The van der Waals surface area contributed by atoms with E-state index in [9.17, 15) is 16.8 Å². The van der Waals surface area contributed by atoms with Crippen LogP contribution in [-0.2, 0) is 25.3 Å². The highest BCUT2D eigenvalue weighted by Crippen LogP contribution is 2.31. The van der Waals surface area contributed by atoms with Crippen molar-refractivity contribution in [2.24, 2.45) is 0 Å². The summed E-state index contributed by atoms with van der Waals surface area (Å²) in [4.78, 5) is 12.1. The van der Waals surface area contributed by atoms with Crippen molar-refractivity contribution in [3.05, 3.63) is 42.4 Å². The summed E-state index contributed by atoms with van der Waals surface area (Å²) >= 11 is 0. The number of sulfone groups is 1. The third kappa shape index (κ3) is 4.12. The van der Waals surface area contributed by atoms with Crippen molar-refractivity contribution in [1.82, 2.24) is 19.7 Å². The van der Waals surface area contributed by atoms with Crippen LogP contribution in [0, 0.1) is 0 Å². The van der Waals surface area contributed by atoms with Gasteiger partial charge in [-0.05, 0) is 30.7 Å². The lowest BCUT2D eigenvalue weighted by Crippen LogP contribution is -2.35. The zero-order chi connectivity index (χ0) is 21.7. The molecule has 8 nitrogen and oxygen atoms in total. The first-order valence-corrected chi connectivity index (χ1v) is 12.9. The topological polar surface area (TPSA) is 122 Å². The number of aromatic nitrogens is 3. The second-order valence-corrected chi connectivity index (χ2v) is 12.6. The first-order valence-electron chi connectivity index (χ1n) is 9.62. The van der Waals surface area contributed by atoms with Crippen LogP contribution in [0.3, 0.4) is 0 Å². The Balaban J connectivity index is 1.63. The smallest absolute Gasteiger partial charge is 0.242 e. The number of rotatable bonds is 4. The van der Waals surface area contributed by atoms with Crippen molar-refractivity contribution in [1.29, 1.82) is 0 Å². The molecule has 0 spiro atoms. The van der Waals surface area contributed by atoms with Gasteiger partial charge in [0, 0.05) is 40.5 Å². The van der Waals surface area contributed by atoms with Gasteiger partial charge in [-0.2, -0.15) is 0 Å². The average Bonchev–Trinajstić information content (AvgIpc) is 3.24. The Bertz CT molecular complexity index is 1310. The van der Waals surface area contributed by atoms with Crippen LogP contribution in [-0.4, -0.2) is 49.3 Å². The molecule has 1 unspecified atom stereocenters. The predicted molar refractivity (Wildman–Crippen MR) is 115 cm³/mol. The maximum absolute atomic E-state index is 12.6. The van der Waals surface area contributed by atoms with E-state index in [0.717, 1.165) is 22.3 Å². The number of nitrogens with zero attached hydrogens (tertiary/aromatic N) is 2. The molecule has 3 aromatic heterocycles. The molecule has 4 rings (SSSR count). The minimum Gasteiger partial charge on any atom is -0.343 e. The van der Waals surface area contributed by atoms with Crippen molar-refractivity contribution < 1.29 is 16.8 Å².